The van der Waals surface area contributed by atoms with E-state index in [4.69, 9.17) is 0 Å². The smallest absolute Gasteiger partial charge is 0.328 e. The molecule has 0 radical (unpaired) electrons. The second-order valence-corrected chi connectivity index (χ2v) is 4.83. The first kappa shape index (κ1) is 16.6. The van der Waals surface area contributed by atoms with E-state index in [0.29, 0.717) is 5.56 Å². The van der Waals surface area contributed by atoms with Gasteiger partial charge in [-0.1, -0.05) is 19.9 Å². The normalized spacial score (nSPS) is 12.4. The van der Waals surface area contributed by atoms with Gasteiger partial charge in [0.15, 0.2) is 11.5 Å². The molecule has 6 heteroatoms. The van der Waals surface area contributed by atoms with Crippen LogP contribution in [0.25, 0.3) is 6.08 Å². The standard InChI is InChI=1S/C15H19NO5/c1-9(2)14(15(20)21-3)16-13(19)7-5-10-4-6-11(17)12(18)8-10/h4-9,14,17-18H,1-3H3,(H,16,19)/b7-5+/t14-/m0/s1. The first-order valence-corrected chi connectivity index (χ1v) is 6.43. The zero-order chi connectivity index (χ0) is 16.0. The average Bonchev–Trinajstić information content (AvgIpc) is 2.44. The predicted octanol–water partition coefficient (Wildman–Crippen LogP) is 1.42. The summed E-state index contributed by atoms with van der Waals surface area (Å²) in [6, 6.07) is 3.46. The zero-order valence-electron chi connectivity index (χ0n) is 12.2. The second-order valence-electron chi connectivity index (χ2n) is 4.83. The highest BCUT2D eigenvalue weighted by Gasteiger charge is 2.23. The number of hydrogen-bond donors (Lipinski definition) is 3. The van der Waals surface area contributed by atoms with Crippen molar-refractivity contribution in [3.05, 3.63) is 29.8 Å². The molecule has 21 heavy (non-hydrogen) atoms. The molecule has 1 rings (SSSR count). The van der Waals surface area contributed by atoms with Crippen LogP contribution in [0.1, 0.15) is 19.4 Å². The second kappa shape index (κ2) is 7.33. The summed E-state index contributed by atoms with van der Waals surface area (Å²) in [5, 5.41) is 21.1. The summed E-state index contributed by atoms with van der Waals surface area (Å²) >= 11 is 0. The molecular weight excluding hydrogens is 274 g/mol. The lowest BCUT2D eigenvalue weighted by atomic mass is 10.0. The molecule has 1 atom stereocenters. The molecule has 1 aromatic rings. The quantitative estimate of drug-likeness (QED) is 0.433. The van der Waals surface area contributed by atoms with Gasteiger partial charge in [-0.2, -0.15) is 0 Å². The van der Waals surface area contributed by atoms with E-state index in [1.807, 2.05) is 0 Å². The lowest BCUT2D eigenvalue weighted by molar-refractivity contribution is -0.145. The number of phenols is 2. The van der Waals surface area contributed by atoms with Crippen molar-refractivity contribution >= 4 is 18.0 Å². The predicted molar refractivity (Wildman–Crippen MR) is 77.6 cm³/mol. The molecule has 0 aliphatic rings. The maximum Gasteiger partial charge on any atom is 0.328 e. The van der Waals surface area contributed by atoms with Gasteiger partial charge < -0.3 is 20.3 Å². The number of phenolic OH excluding ortho intramolecular Hbond substituents is 2. The molecule has 114 valence electrons. The van der Waals surface area contributed by atoms with Gasteiger partial charge in [0, 0.05) is 6.08 Å². The maximum atomic E-state index is 11.8. The highest BCUT2D eigenvalue weighted by Crippen LogP contribution is 2.25. The SMILES string of the molecule is COC(=O)[C@@H](NC(=O)/C=C/c1ccc(O)c(O)c1)C(C)C. The van der Waals surface area contributed by atoms with Gasteiger partial charge >= 0.3 is 5.97 Å². The lowest BCUT2D eigenvalue weighted by Gasteiger charge is -2.18. The molecule has 3 N–H and O–H groups in total. The van der Waals surface area contributed by atoms with Crippen LogP contribution in [0.5, 0.6) is 11.5 Å². The van der Waals surface area contributed by atoms with E-state index in [0.717, 1.165) is 0 Å². The minimum absolute atomic E-state index is 0.104. The van der Waals surface area contributed by atoms with Crippen molar-refractivity contribution in [3.63, 3.8) is 0 Å². The topological polar surface area (TPSA) is 95.9 Å². The van der Waals surface area contributed by atoms with Crippen LogP contribution in [0.4, 0.5) is 0 Å². The van der Waals surface area contributed by atoms with Crippen LogP contribution in [0.3, 0.4) is 0 Å². The highest BCUT2D eigenvalue weighted by atomic mass is 16.5. The van der Waals surface area contributed by atoms with Crippen LogP contribution in [0.2, 0.25) is 0 Å². The Morgan fingerprint density at radius 1 is 1.24 bits per heavy atom. The van der Waals surface area contributed by atoms with Crippen molar-refractivity contribution in [2.24, 2.45) is 5.92 Å². The molecule has 1 amide bonds. The average molecular weight is 293 g/mol. The fourth-order valence-corrected chi connectivity index (χ4v) is 1.64. The minimum Gasteiger partial charge on any atom is -0.504 e. The number of ether oxygens (including phenoxy) is 1. The molecule has 0 unspecified atom stereocenters. The van der Waals surface area contributed by atoms with Crippen LogP contribution in [-0.2, 0) is 14.3 Å². The molecule has 6 nitrogen and oxygen atoms in total. The van der Waals surface area contributed by atoms with E-state index in [2.05, 4.69) is 10.1 Å². The molecule has 0 aromatic heterocycles. The molecule has 0 saturated carbocycles. The van der Waals surface area contributed by atoms with Gasteiger partial charge in [-0.25, -0.2) is 4.79 Å². The third kappa shape index (κ3) is 4.83. The van der Waals surface area contributed by atoms with E-state index >= 15 is 0 Å². The molecule has 0 aliphatic heterocycles. The number of aromatic hydroxyl groups is 2. The summed E-state index contributed by atoms with van der Waals surface area (Å²) < 4.78 is 4.63. The monoisotopic (exact) mass is 293 g/mol. The summed E-state index contributed by atoms with van der Waals surface area (Å²) in [5.41, 5.74) is 0.541. The van der Waals surface area contributed by atoms with E-state index < -0.39 is 17.9 Å². The van der Waals surface area contributed by atoms with Crippen molar-refractivity contribution in [3.8, 4) is 11.5 Å². The molecule has 0 spiro atoms. The molecule has 0 heterocycles. The Morgan fingerprint density at radius 3 is 2.43 bits per heavy atom. The molecule has 0 aliphatic carbocycles. The third-order valence-corrected chi connectivity index (χ3v) is 2.85. The highest BCUT2D eigenvalue weighted by molar-refractivity contribution is 5.94. The number of amides is 1. The summed E-state index contributed by atoms with van der Waals surface area (Å²) in [5.74, 6) is -1.57. The summed E-state index contributed by atoms with van der Waals surface area (Å²) in [7, 11) is 1.26. The van der Waals surface area contributed by atoms with Crippen molar-refractivity contribution < 1.29 is 24.5 Å². The number of carbonyl (C=O) groups excluding carboxylic acids is 2. The molecule has 0 bridgehead atoms. The fourth-order valence-electron chi connectivity index (χ4n) is 1.64. The van der Waals surface area contributed by atoms with Gasteiger partial charge in [0.2, 0.25) is 5.91 Å². The van der Waals surface area contributed by atoms with Gasteiger partial charge in [0.05, 0.1) is 7.11 Å². The van der Waals surface area contributed by atoms with E-state index in [-0.39, 0.29) is 17.4 Å². The summed E-state index contributed by atoms with van der Waals surface area (Å²) in [6.45, 7) is 3.59. The van der Waals surface area contributed by atoms with Crippen molar-refractivity contribution in [2.45, 2.75) is 19.9 Å². The largest absolute Gasteiger partial charge is 0.504 e. The van der Waals surface area contributed by atoms with Crippen LogP contribution >= 0.6 is 0 Å². The van der Waals surface area contributed by atoms with Crippen LogP contribution in [-0.4, -0.2) is 35.2 Å². The van der Waals surface area contributed by atoms with Crippen molar-refractivity contribution in [2.75, 3.05) is 7.11 Å². The summed E-state index contributed by atoms with van der Waals surface area (Å²) in [4.78, 5) is 23.3. The number of rotatable bonds is 5. The number of esters is 1. The van der Waals surface area contributed by atoms with Gasteiger partial charge in [0.1, 0.15) is 6.04 Å². The van der Waals surface area contributed by atoms with Gasteiger partial charge in [-0.05, 0) is 29.7 Å². The molecular formula is C15H19NO5. The number of hydrogen-bond acceptors (Lipinski definition) is 5. The van der Waals surface area contributed by atoms with Crippen LogP contribution in [0.15, 0.2) is 24.3 Å². The van der Waals surface area contributed by atoms with Crippen molar-refractivity contribution in [1.82, 2.24) is 5.32 Å². The van der Waals surface area contributed by atoms with Gasteiger partial charge in [-0.3, -0.25) is 4.79 Å². The Labute approximate surface area is 123 Å². The zero-order valence-corrected chi connectivity index (χ0v) is 12.2. The van der Waals surface area contributed by atoms with E-state index in [1.54, 1.807) is 19.9 Å². The number of methoxy groups -OCH3 is 1. The Hall–Kier alpha value is -2.50. The van der Waals surface area contributed by atoms with E-state index in [1.165, 1.54) is 31.4 Å². The fraction of sp³-hybridized carbons (Fsp3) is 0.333. The van der Waals surface area contributed by atoms with Gasteiger partial charge in [0.25, 0.3) is 0 Å². The molecule has 1 aromatic carbocycles. The summed E-state index contributed by atoms with van der Waals surface area (Å²) in [6.07, 6.45) is 2.70. The van der Waals surface area contributed by atoms with Crippen LogP contribution < -0.4 is 5.32 Å². The molecule has 0 fully saturated rings. The van der Waals surface area contributed by atoms with E-state index in [9.17, 15) is 19.8 Å². The third-order valence-electron chi connectivity index (χ3n) is 2.85. The molecule has 0 saturated heterocycles. The minimum atomic E-state index is -0.722. The Kier molecular flexibility index (Phi) is 5.78. The lowest BCUT2D eigenvalue weighted by Crippen LogP contribution is -2.44. The Balaban J connectivity index is 2.73. The first-order chi connectivity index (χ1) is 9.85. The number of nitrogens with one attached hydrogen (secondary N) is 1. The Bertz CT molecular complexity index is 551. The van der Waals surface area contributed by atoms with Crippen LogP contribution in [0, 0.1) is 5.92 Å². The van der Waals surface area contributed by atoms with Crippen molar-refractivity contribution in [1.29, 1.82) is 0 Å². The number of benzene rings is 1. The maximum absolute atomic E-state index is 11.8. The first-order valence-electron chi connectivity index (χ1n) is 6.43. The van der Waals surface area contributed by atoms with Gasteiger partial charge in [-0.15, -0.1) is 0 Å². The number of carbonyl (C=O) groups is 2. The Morgan fingerprint density at radius 2 is 1.90 bits per heavy atom.